The van der Waals surface area contributed by atoms with Crippen LogP contribution < -0.4 is 10.6 Å². The lowest BCUT2D eigenvalue weighted by Gasteiger charge is -2.03. The number of amides is 2. The molecule has 0 saturated carbocycles. The second-order valence-corrected chi connectivity index (χ2v) is 4.77. The molecule has 0 aliphatic carbocycles. The van der Waals surface area contributed by atoms with E-state index in [1.54, 1.807) is 23.7 Å². The molecule has 0 aliphatic heterocycles. The van der Waals surface area contributed by atoms with Gasteiger partial charge in [0.25, 0.3) is 0 Å². The molecule has 0 unspecified atom stereocenters. The summed E-state index contributed by atoms with van der Waals surface area (Å²) in [5.74, 6) is 0. The monoisotopic (exact) mass is 250 g/mol. The summed E-state index contributed by atoms with van der Waals surface area (Å²) in [4.78, 5) is 14.0. The SMILES string of the molecule is CCc1ccc(CNC(=O)Nc2cn[nH]c2)s1. The number of nitrogens with one attached hydrogen (secondary N) is 3. The van der Waals surface area contributed by atoms with Crippen LogP contribution in [0, 0.1) is 0 Å². The number of aromatic nitrogens is 2. The molecule has 0 atom stereocenters. The van der Waals surface area contributed by atoms with Crippen molar-refractivity contribution >= 4 is 23.1 Å². The van der Waals surface area contributed by atoms with E-state index >= 15 is 0 Å². The summed E-state index contributed by atoms with van der Waals surface area (Å²) in [6, 6.07) is 3.91. The van der Waals surface area contributed by atoms with E-state index in [1.807, 2.05) is 6.07 Å². The van der Waals surface area contributed by atoms with Crippen LogP contribution in [0.3, 0.4) is 0 Å². The average Bonchev–Trinajstić information content (AvgIpc) is 2.96. The molecule has 2 aromatic heterocycles. The minimum atomic E-state index is -0.224. The second kappa shape index (κ2) is 5.49. The van der Waals surface area contributed by atoms with Gasteiger partial charge >= 0.3 is 6.03 Å². The number of H-pyrrole nitrogens is 1. The largest absolute Gasteiger partial charge is 0.333 e. The fourth-order valence-corrected chi connectivity index (χ4v) is 2.27. The van der Waals surface area contributed by atoms with Gasteiger partial charge in [0, 0.05) is 16.0 Å². The van der Waals surface area contributed by atoms with E-state index in [0.29, 0.717) is 12.2 Å². The van der Waals surface area contributed by atoms with E-state index in [-0.39, 0.29) is 6.03 Å². The number of aryl methyl sites for hydroxylation is 1. The average molecular weight is 250 g/mol. The standard InChI is InChI=1S/C11H14N4OS/c1-2-9-3-4-10(17-9)7-12-11(16)15-8-5-13-14-6-8/h3-6H,2,7H2,1H3,(H,13,14)(H2,12,15,16). The summed E-state index contributed by atoms with van der Waals surface area (Å²) in [5.41, 5.74) is 0.655. The fraction of sp³-hybridized carbons (Fsp3) is 0.273. The Labute approximate surface area is 103 Å². The zero-order valence-electron chi connectivity index (χ0n) is 9.49. The maximum absolute atomic E-state index is 11.5. The zero-order chi connectivity index (χ0) is 12.1. The molecule has 3 N–H and O–H groups in total. The van der Waals surface area contributed by atoms with Gasteiger partial charge in [-0.1, -0.05) is 6.92 Å². The van der Waals surface area contributed by atoms with Gasteiger partial charge in [0.2, 0.25) is 0 Å². The number of thiophene rings is 1. The molecule has 0 spiro atoms. The first-order chi connectivity index (χ1) is 8.28. The van der Waals surface area contributed by atoms with Crippen molar-refractivity contribution in [1.82, 2.24) is 15.5 Å². The van der Waals surface area contributed by atoms with E-state index in [1.165, 1.54) is 4.88 Å². The Morgan fingerprint density at radius 3 is 2.94 bits per heavy atom. The summed E-state index contributed by atoms with van der Waals surface area (Å²) in [6.45, 7) is 2.67. The molecule has 2 heterocycles. The molecule has 0 fully saturated rings. The number of aromatic amines is 1. The molecular formula is C11H14N4OS. The van der Waals surface area contributed by atoms with Crippen LogP contribution in [0.4, 0.5) is 10.5 Å². The lowest BCUT2D eigenvalue weighted by atomic mass is 10.4. The van der Waals surface area contributed by atoms with Crippen molar-refractivity contribution in [2.45, 2.75) is 19.9 Å². The molecule has 17 heavy (non-hydrogen) atoms. The van der Waals surface area contributed by atoms with Crippen molar-refractivity contribution in [3.05, 3.63) is 34.3 Å². The summed E-state index contributed by atoms with van der Waals surface area (Å²) < 4.78 is 0. The van der Waals surface area contributed by atoms with Crippen LogP contribution >= 0.6 is 11.3 Å². The van der Waals surface area contributed by atoms with E-state index in [4.69, 9.17) is 0 Å². The molecule has 0 saturated heterocycles. The minimum Gasteiger partial charge on any atom is -0.333 e. The smallest absolute Gasteiger partial charge is 0.319 e. The lowest BCUT2D eigenvalue weighted by Crippen LogP contribution is -2.27. The normalized spacial score (nSPS) is 10.2. The Balaban J connectivity index is 1.79. The number of hydrogen-bond acceptors (Lipinski definition) is 3. The Morgan fingerprint density at radius 1 is 1.47 bits per heavy atom. The molecule has 2 aromatic rings. The fourth-order valence-electron chi connectivity index (χ4n) is 1.37. The van der Waals surface area contributed by atoms with Gasteiger partial charge in [0.1, 0.15) is 0 Å². The van der Waals surface area contributed by atoms with Crippen molar-refractivity contribution in [2.75, 3.05) is 5.32 Å². The van der Waals surface area contributed by atoms with E-state index in [0.717, 1.165) is 11.3 Å². The molecule has 0 radical (unpaired) electrons. The number of rotatable bonds is 4. The predicted molar refractivity (Wildman–Crippen MR) is 68.1 cm³/mol. The highest BCUT2D eigenvalue weighted by Gasteiger charge is 2.03. The Hall–Kier alpha value is -1.82. The van der Waals surface area contributed by atoms with Gasteiger partial charge in [0.05, 0.1) is 18.4 Å². The van der Waals surface area contributed by atoms with Gasteiger partial charge in [-0.05, 0) is 18.6 Å². The molecule has 0 aliphatic rings. The molecule has 2 amide bonds. The van der Waals surface area contributed by atoms with Crippen molar-refractivity contribution in [1.29, 1.82) is 0 Å². The molecule has 2 rings (SSSR count). The quantitative estimate of drug-likeness (QED) is 0.779. The van der Waals surface area contributed by atoms with Crippen LogP contribution in [-0.4, -0.2) is 16.2 Å². The lowest BCUT2D eigenvalue weighted by molar-refractivity contribution is 0.252. The first-order valence-electron chi connectivity index (χ1n) is 5.39. The number of urea groups is 1. The highest BCUT2D eigenvalue weighted by molar-refractivity contribution is 7.11. The van der Waals surface area contributed by atoms with Gasteiger partial charge in [0.15, 0.2) is 0 Å². The second-order valence-electron chi connectivity index (χ2n) is 3.52. The van der Waals surface area contributed by atoms with Gasteiger partial charge in [-0.15, -0.1) is 11.3 Å². The number of carbonyl (C=O) groups excluding carboxylic acids is 1. The summed E-state index contributed by atoms with van der Waals surface area (Å²) in [6.07, 6.45) is 4.21. The summed E-state index contributed by atoms with van der Waals surface area (Å²) >= 11 is 1.72. The van der Waals surface area contributed by atoms with Gasteiger partial charge in [-0.25, -0.2) is 4.79 Å². The van der Waals surface area contributed by atoms with Gasteiger partial charge in [-0.2, -0.15) is 5.10 Å². The molecular weight excluding hydrogens is 236 g/mol. The maximum Gasteiger partial charge on any atom is 0.319 e. The highest BCUT2D eigenvalue weighted by Crippen LogP contribution is 2.16. The van der Waals surface area contributed by atoms with Crippen LogP contribution in [0.2, 0.25) is 0 Å². The molecule has 6 heteroatoms. The zero-order valence-corrected chi connectivity index (χ0v) is 10.3. The van der Waals surface area contributed by atoms with Crippen LogP contribution in [-0.2, 0) is 13.0 Å². The van der Waals surface area contributed by atoms with Gasteiger partial charge < -0.3 is 10.6 Å². The Bertz CT molecular complexity index is 477. The van der Waals surface area contributed by atoms with E-state index in [2.05, 4.69) is 33.8 Å². The molecule has 5 nitrogen and oxygen atoms in total. The van der Waals surface area contributed by atoms with Crippen LogP contribution in [0.1, 0.15) is 16.7 Å². The molecule has 0 aromatic carbocycles. The Kier molecular flexibility index (Phi) is 3.77. The van der Waals surface area contributed by atoms with Crippen LogP contribution in [0.5, 0.6) is 0 Å². The van der Waals surface area contributed by atoms with Crippen LogP contribution in [0.25, 0.3) is 0 Å². The highest BCUT2D eigenvalue weighted by atomic mass is 32.1. The summed E-state index contributed by atoms with van der Waals surface area (Å²) in [7, 11) is 0. The third-order valence-electron chi connectivity index (χ3n) is 2.25. The Morgan fingerprint density at radius 2 is 2.29 bits per heavy atom. The number of hydrogen-bond donors (Lipinski definition) is 3. The van der Waals surface area contributed by atoms with Crippen molar-refractivity contribution in [3.8, 4) is 0 Å². The van der Waals surface area contributed by atoms with Crippen molar-refractivity contribution in [3.63, 3.8) is 0 Å². The first-order valence-corrected chi connectivity index (χ1v) is 6.21. The third kappa shape index (κ3) is 3.32. The van der Waals surface area contributed by atoms with E-state index in [9.17, 15) is 4.79 Å². The summed E-state index contributed by atoms with van der Waals surface area (Å²) in [5, 5.41) is 11.8. The number of anilines is 1. The topological polar surface area (TPSA) is 69.8 Å². The van der Waals surface area contributed by atoms with Crippen molar-refractivity contribution in [2.24, 2.45) is 0 Å². The number of carbonyl (C=O) groups is 1. The maximum atomic E-state index is 11.5. The van der Waals surface area contributed by atoms with Crippen LogP contribution in [0.15, 0.2) is 24.5 Å². The van der Waals surface area contributed by atoms with Crippen molar-refractivity contribution < 1.29 is 4.79 Å². The first kappa shape index (κ1) is 11.7. The molecule has 0 bridgehead atoms. The minimum absolute atomic E-state index is 0.224. The number of nitrogens with zero attached hydrogens (tertiary/aromatic N) is 1. The molecule has 90 valence electrons. The van der Waals surface area contributed by atoms with E-state index < -0.39 is 0 Å². The van der Waals surface area contributed by atoms with Gasteiger partial charge in [-0.3, -0.25) is 5.10 Å². The predicted octanol–water partition coefficient (Wildman–Crippen LogP) is 2.36. The third-order valence-corrected chi connectivity index (χ3v) is 3.47.